The number of pyridine rings is 1. The summed E-state index contributed by atoms with van der Waals surface area (Å²) in [5, 5.41) is 4.29. The Balaban J connectivity index is 1.34. The molecule has 7 nitrogen and oxygen atoms in total. The number of halogens is 1. The van der Waals surface area contributed by atoms with Crippen molar-refractivity contribution in [3.8, 4) is 11.4 Å². The number of piperazine rings is 1. The van der Waals surface area contributed by atoms with Gasteiger partial charge in [-0.2, -0.15) is 0 Å². The second-order valence-electron chi connectivity index (χ2n) is 8.76. The number of imidazole rings is 1. The second-order valence-corrected chi connectivity index (χ2v) is 10.1. The molecule has 0 atom stereocenters. The number of piperidine rings is 1. The van der Waals surface area contributed by atoms with Gasteiger partial charge in [0.15, 0.2) is 5.65 Å². The SMILES string of the molecule is CCN1CCC(Nc2c(Cl)cnc3[nH]c(-c4ccc(N5CCN(SC)CC5)cc4)nc23)CC1. The highest BCUT2D eigenvalue weighted by atomic mass is 35.5. The molecule has 33 heavy (non-hydrogen) atoms. The van der Waals surface area contributed by atoms with Gasteiger partial charge in [0.05, 0.1) is 16.9 Å². The van der Waals surface area contributed by atoms with Crippen LogP contribution in [0, 0.1) is 0 Å². The Kier molecular flexibility index (Phi) is 6.97. The van der Waals surface area contributed by atoms with E-state index in [1.165, 1.54) is 5.69 Å². The molecule has 0 saturated carbocycles. The topological polar surface area (TPSA) is 63.3 Å². The third-order valence-electron chi connectivity index (χ3n) is 6.85. The Morgan fingerprint density at radius 2 is 1.82 bits per heavy atom. The van der Waals surface area contributed by atoms with Crippen LogP contribution < -0.4 is 10.2 Å². The quantitative estimate of drug-likeness (QED) is 0.495. The molecule has 5 rings (SSSR count). The lowest BCUT2D eigenvalue weighted by Gasteiger charge is -2.34. The van der Waals surface area contributed by atoms with Crippen molar-refractivity contribution in [1.29, 1.82) is 0 Å². The summed E-state index contributed by atoms with van der Waals surface area (Å²) < 4.78 is 2.41. The highest BCUT2D eigenvalue weighted by Crippen LogP contribution is 2.32. The van der Waals surface area contributed by atoms with E-state index < -0.39 is 0 Å². The van der Waals surface area contributed by atoms with Crippen LogP contribution in [0.2, 0.25) is 5.02 Å². The van der Waals surface area contributed by atoms with E-state index in [4.69, 9.17) is 16.6 Å². The van der Waals surface area contributed by atoms with Crippen molar-refractivity contribution in [2.45, 2.75) is 25.8 Å². The number of aromatic amines is 1. The molecule has 2 N–H and O–H groups in total. The Labute approximate surface area is 205 Å². The van der Waals surface area contributed by atoms with Gasteiger partial charge in [-0.25, -0.2) is 14.3 Å². The van der Waals surface area contributed by atoms with Gasteiger partial charge in [0.1, 0.15) is 11.3 Å². The number of likely N-dealkylation sites (tertiary alicyclic amines) is 1. The molecule has 0 radical (unpaired) electrons. The maximum Gasteiger partial charge on any atom is 0.159 e. The van der Waals surface area contributed by atoms with Crippen LogP contribution in [-0.4, -0.2) is 82.3 Å². The summed E-state index contributed by atoms with van der Waals surface area (Å²) in [6, 6.07) is 9.07. The molecule has 176 valence electrons. The minimum absolute atomic E-state index is 0.405. The first-order chi connectivity index (χ1) is 16.1. The Hall–Kier alpha value is -2.00. The van der Waals surface area contributed by atoms with Crippen molar-refractivity contribution in [1.82, 2.24) is 24.2 Å². The normalized spacial score (nSPS) is 18.8. The maximum absolute atomic E-state index is 6.56. The number of benzene rings is 1. The summed E-state index contributed by atoms with van der Waals surface area (Å²) in [6.45, 7) is 9.86. The molecule has 2 saturated heterocycles. The summed E-state index contributed by atoms with van der Waals surface area (Å²) in [7, 11) is 0. The molecule has 2 aliphatic rings. The van der Waals surface area contributed by atoms with Gasteiger partial charge >= 0.3 is 0 Å². The average Bonchev–Trinajstić information content (AvgIpc) is 3.31. The number of hydrogen-bond donors (Lipinski definition) is 2. The smallest absolute Gasteiger partial charge is 0.159 e. The molecule has 2 aromatic heterocycles. The summed E-state index contributed by atoms with van der Waals surface area (Å²) in [5.41, 5.74) is 4.78. The molecule has 0 bridgehead atoms. The standard InChI is InChI=1S/C24H32ClN7S/c1-3-30-10-8-18(9-11-30)27-21-20(25)16-26-24-22(21)28-23(29-24)17-4-6-19(7-5-17)31-12-14-32(33-2)15-13-31/h4-7,16,18H,3,8-15H2,1-2H3,(H2,26,27,28,29). The number of aromatic nitrogens is 3. The number of nitrogens with zero attached hydrogens (tertiary/aromatic N) is 5. The lowest BCUT2D eigenvalue weighted by molar-refractivity contribution is 0.229. The predicted octanol–water partition coefficient (Wildman–Crippen LogP) is 4.57. The first kappa shape index (κ1) is 22.8. The number of rotatable bonds is 6. The van der Waals surface area contributed by atoms with E-state index >= 15 is 0 Å². The van der Waals surface area contributed by atoms with E-state index in [2.05, 4.69) is 66.8 Å². The minimum atomic E-state index is 0.405. The lowest BCUT2D eigenvalue weighted by atomic mass is 10.0. The van der Waals surface area contributed by atoms with Crippen molar-refractivity contribution in [3.63, 3.8) is 0 Å². The monoisotopic (exact) mass is 485 g/mol. The number of anilines is 2. The number of fused-ring (bicyclic) bond motifs is 1. The van der Waals surface area contributed by atoms with Crippen molar-refractivity contribution in [2.24, 2.45) is 0 Å². The number of nitrogens with one attached hydrogen (secondary N) is 2. The molecule has 2 aliphatic heterocycles. The highest BCUT2D eigenvalue weighted by molar-refractivity contribution is 7.96. The van der Waals surface area contributed by atoms with Crippen molar-refractivity contribution in [2.75, 3.05) is 62.3 Å². The minimum Gasteiger partial charge on any atom is -0.379 e. The summed E-state index contributed by atoms with van der Waals surface area (Å²) in [4.78, 5) is 17.7. The fourth-order valence-electron chi connectivity index (χ4n) is 4.76. The lowest BCUT2D eigenvalue weighted by Crippen LogP contribution is -2.43. The zero-order chi connectivity index (χ0) is 22.8. The van der Waals surface area contributed by atoms with E-state index in [1.54, 1.807) is 6.20 Å². The second kappa shape index (κ2) is 10.1. The van der Waals surface area contributed by atoms with Gasteiger partial charge in [-0.3, -0.25) is 0 Å². The Bertz CT molecular complexity index is 1070. The van der Waals surface area contributed by atoms with Gasteiger partial charge in [0, 0.05) is 56.6 Å². The fraction of sp³-hybridized carbons (Fsp3) is 0.500. The maximum atomic E-state index is 6.56. The molecule has 0 aliphatic carbocycles. The van der Waals surface area contributed by atoms with Gasteiger partial charge in [-0.05, 0) is 49.9 Å². The summed E-state index contributed by atoms with van der Waals surface area (Å²) >= 11 is 8.39. The van der Waals surface area contributed by atoms with Crippen LogP contribution in [0.3, 0.4) is 0 Å². The summed E-state index contributed by atoms with van der Waals surface area (Å²) in [6.07, 6.45) is 6.08. The molecular weight excluding hydrogens is 454 g/mol. The van der Waals surface area contributed by atoms with E-state index in [1.807, 2.05) is 11.9 Å². The van der Waals surface area contributed by atoms with E-state index in [9.17, 15) is 0 Å². The van der Waals surface area contributed by atoms with Gasteiger partial charge in [-0.1, -0.05) is 30.5 Å². The molecule has 1 aromatic carbocycles. The zero-order valence-electron chi connectivity index (χ0n) is 19.4. The molecule has 4 heterocycles. The van der Waals surface area contributed by atoms with Crippen molar-refractivity contribution in [3.05, 3.63) is 35.5 Å². The fourth-order valence-corrected chi connectivity index (χ4v) is 5.48. The highest BCUT2D eigenvalue weighted by Gasteiger charge is 2.22. The number of H-pyrrole nitrogens is 1. The first-order valence-electron chi connectivity index (χ1n) is 11.8. The van der Waals surface area contributed by atoms with Crippen LogP contribution in [0.1, 0.15) is 19.8 Å². The van der Waals surface area contributed by atoms with Crippen LogP contribution in [0.4, 0.5) is 11.4 Å². The van der Waals surface area contributed by atoms with Crippen LogP contribution in [0.25, 0.3) is 22.6 Å². The third kappa shape index (κ3) is 4.94. The van der Waals surface area contributed by atoms with Crippen molar-refractivity contribution < 1.29 is 0 Å². The Morgan fingerprint density at radius 1 is 1.09 bits per heavy atom. The van der Waals surface area contributed by atoms with Gasteiger partial charge in [0.25, 0.3) is 0 Å². The molecule has 2 fully saturated rings. The van der Waals surface area contributed by atoms with E-state index in [-0.39, 0.29) is 0 Å². The molecular formula is C24H32ClN7S. The zero-order valence-corrected chi connectivity index (χ0v) is 20.9. The largest absolute Gasteiger partial charge is 0.379 e. The van der Waals surface area contributed by atoms with E-state index in [0.29, 0.717) is 11.1 Å². The average molecular weight is 486 g/mol. The first-order valence-corrected chi connectivity index (χ1v) is 13.4. The van der Waals surface area contributed by atoms with Gasteiger partial charge < -0.3 is 20.1 Å². The van der Waals surface area contributed by atoms with E-state index in [0.717, 1.165) is 86.9 Å². The van der Waals surface area contributed by atoms with Gasteiger partial charge in [0.2, 0.25) is 0 Å². The predicted molar refractivity (Wildman–Crippen MR) is 140 cm³/mol. The van der Waals surface area contributed by atoms with Crippen LogP contribution >= 0.6 is 23.5 Å². The molecule has 0 amide bonds. The summed E-state index contributed by atoms with van der Waals surface area (Å²) in [5.74, 6) is 0.822. The van der Waals surface area contributed by atoms with Crippen molar-refractivity contribution >= 4 is 46.1 Å². The molecule has 0 spiro atoms. The molecule has 3 aromatic rings. The van der Waals surface area contributed by atoms with Crippen LogP contribution in [0.15, 0.2) is 30.5 Å². The third-order valence-corrected chi connectivity index (χ3v) is 8.02. The van der Waals surface area contributed by atoms with Crippen LogP contribution in [0.5, 0.6) is 0 Å². The molecule has 9 heteroatoms. The molecule has 0 unspecified atom stereocenters. The number of hydrogen-bond acceptors (Lipinski definition) is 7. The van der Waals surface area contributed by atoms with Gasteiger partial charge in [-0.15, -0.1) is 0 Å². The Morgan fingerprint density at radius 3 is 2.48 bits per heavy atom. The van der Waals surface area contributed by atoms with Crippen LogP contribution in [-0.2, 0) is 0 Å².